The molecule has 0 aliphatic heterocycles. The van der Waals surface area contributed by atoms with Crippen molar-refractivity contribution in [3.8, 4) is 11.5 Å². The monoisotopic (exact) mass is 312 g/mol. The zero-order valence-electron chi connectivity index (χ0n) is 11.7. The number of aromatic amines is 1. The number of aromatic nitrogens is 2. The minimum atomic E-state index is -4.70. The Hall–Kier alpha value is -2.18. The van der Waals surface area contributed by atoms with Gasteiger partial charge in [0.25, 0.3) is 0 Å². The first-order valence-corrected chi connectivity index (χ1v) is 6.99. The Labute approximate surface area is 125 Å². The van der Waals surface area contributed by atoms with E-state index in [1.54, 1.807) is 12.4 Å². The molecule has 0 amide bonds. The fourth-order valence-corrected chi connectivity index (χ4v) is 2.58. The number of H-pyrrole nitrogens is 1. The molecule has 0 bridgehead atoms. The lowest BCUT2D eigenvalue weighted by molar-refractivity contribution is -0.274. The lowest BCUT2D eigenvalue weighted by atomic mass is 9.90. The smallest absolute Gasteiger partial charge is 0.493 e. The maximum atomic E-state index is 12.2. The minimum absolute atomic E-state index is 0.275. The number of imidazole rings is 1. The van der Waals surface area contributed by atoms with Gasteiger partial charge in [0.1, 0.15) is 11.5 Å². The first-order chi connectivity index (χ1) is 10.5. The van der Waals surface area contributed by atoms with E-state index >= 15 is 0 Å². The summed E-state index contributed by atoms with van der Waals surface area (Å²) >= 11 is 0. The van der Waals surface area contributed by atoms with Gasteiger partial charge in [0.2, 0.25) is 0 Å². The molecule has 22 heavy (non-hydrogen) atoms. The van der Waals surface area contributed by atoms with Gasteiger partial charge in [0, 0.05) is 11.8 Å². The number of hydrogen-bond acceptors (Lipinski definition) is 3. The van der Waals surface area contributed by atoms with Crippen LogP contribution in [0, 0.1) is 5.92 Å². The van der Waals surface area contributed by atoms with Crippen LogP contribution in [0.4, 0.5) is 13.2 Å². The van der Waals surface area contributed by atoms with E-state index in [1.807, 2.05) is 0 Å². The first-order valence-electron chi connectivity index (χ1n) is 6.99. The Kier molecular flexibility index (Phi) is 3.96. The van der Waals surface area contributed by atoms with Crippen molar-refractivity contribution in [3.05, 3.63) is 42.0 Å². The SMILES string of the molecule is FC(F)(F)Oc1cccc(OCC2CCc3[nH]cnc3C2)c1. The number of nitrogens with zero attached hydrogens (tertiary/aromatic N) is 1. The van der Waals surface area contributed by atoms with E-state index in [9.17, 15) is 13.2 Å². The Balaban J connectivity index is 1.57. The highest BCUT2D eigenvalue weighted by atomic mass is 19.4. The Morgan fingerprint density at radius 3 is 2.91 bits per heavy atom. The van der Waals surface area contributed by atoms with Gasteiger partial charge in [-0.2, -0.15) is 0 Å². The van der Waals surface area contributed by atoms with Crippen molar-refractivity contribution >= 4 is 0 Å². The molecule has 1 aliphatic rings. The second-order valence-electron chi connectivity index (χ2n) is 5.27. The molecule has 1 aromatic carbocycles. The summed E-state index contributed by atoms with van der Waals surface area (Å²) in [7, 11) is 0. The molecule has 0 spiro atoms. The summed E-state index contributed by atoms with van der Waals surface area (Å²) in [6.07, 6.45) is -0.309. The summed E-state index contributed by atoms with van der Waals surface area (Å²) in [6, 6.07) is 5.59. The average molecular weight is 312 g/mol. The standard InChI is InChI=1S/C15H15F3N2O2/c16-15(17,18)22-12-3-1-2-11(7-12)21-8-10-4-5-13-14(6-10)20-9-19-13/h1-3,7,9-10H,4-6,8H2,(H,19,20). The van der Waals surface area contributed by atoms with Crippen LogP contribution in [0.5, 0.6) is 11.5 Å². The summed E-state index contributed by atoms with van der Waals surface area (Å²) in [5.74, 6) is 0.404. The van der Waals surface area contributed by atoms with Gasteiger partial charge in [-0.1, -0.05) is 6.07 Å². The summed E-state index contributed by atoms with van der Waals surface area (Å²) < 4.78 is 46.0. The average Bonchev–Trinajstić information content (AvgIpc) is 2.91. The number of alkyl halides is 3. The van der Waals surface area contributed by atoms with Gasteiger partial charge in [-0.25, -0.2) is 4.98 Å². The summed E-state index contributed by atoms with van der Waals surface area (Å²) in [5, 5.41) is 0. The van der Waals surface area contributed by atoms with E-state index in [1.165, 1.54) is 18.2 Å². The first kappa shape index (κ1) is 14.7. The van der Waals surface area contributed by atoms with Gasteiger partial charge in [-0.15, -0.1) is 13.2 Å². The van der Waals surface area contributed by atoms with E-state index in [0.29, 0.717) is 18.3 Å². The van der Waals surface area contributed by atoms with Crippen molar-refractivity contribution in [3.63, 3.8) is 0 Å². The maximum Gasteiger partial charge on any atom is 0.573 e. The fraction of sp³-hybridized carbons (Fsp3) is 0.400. The van der Waals surface area contributed by atoms with Crippen LogP contribution in [0.15, 0.2) is 30.6 Å². The summed E-state index contributed by atoms with van der Waals surface area (Å²) in [6.45, 7) is 0.446. The third kappa shape index (κ3) is 3.72. The van der Waals surface area contributed by atoms with Crippen molar-refractivity contribution in [2.75, 3.05) is 6.61 Å². The highest BCUT2D eigenvalue weighted by Gasteiger charge is 2.31. The molecular weight excluding hydrogens is 297 g/mol. The number of benzene rings is 1. The van der Waals surface area contributed by atoms with E-state index in [-0.39, 0.29) is 5.75 Å². The number of nitrogens with one attached hydrogen (secondary N) is 1. The van der Waals surface area contributed by atoms with Gasteiger partial charge in [0.15, 0.2) is 0 Å². The molecule has 118 valence electrons. The quantitative estimate of drug-likeness (QED) is 0.940. The summed E-state index contributed by atoms with van der Waals surface area (Å²) in [4.78, 5) is 7.37. The topological polar surface area (TPSA) is 47.1 Å². The molecule has 0 fully saturated rings. The number of rotatable bonds is 4. The van der Waals surface area contributed by atoms with Crippen LogP contribution in [-0.2, 0) is 12.8 Å². The van der Waals surface area contributed by atoms with Gasteiger partial charge < -0.3 is 14.5 Å². The highest BCUT2D eigenvalue weighted by Crippen LogP contribution is 2.27. The van der Waals surface area contributed by atoms with Crippen LogP contribution in [-0.4, -0.2) is 22.9 Å². The lowest BCUT2D eigenvalue weighted by Crippen LogP contribution is -2.21. The Morgan fingerprint density at radius 1 is 1.27 bits per heavy atom. The third-order valence-electron chi connectivity index (χ3n) is 3.62. The number of aryl methyl sites for hydroxylation is 1. The third-order valence-corrected chi connectivity index (χ3v) is 3.62. The number of ether oxygens (including phenoxy) is 2. The van der Waals surface area contributed by atoms with Crippen LogP contribution in [0.25, 0.3) is 0 Å². The van der Waals surface area contributed by atoms with Gasteiger partial charge in [-0.05, 0) is 37.3 Å². The number of halogens is 3. The largest absolute Gasteiger partial charge is 0.573 e. The van der Waals surface area contributed by atoms with Crippen LogP contribution in [0.1, 0.15) is 17.8 Å². The van der Waals surface area contributed by atoms with Crippen molar-refractivity contribution < 1.29 is 22.6 Å². The van der Waals surface area contributed by atoms with Crippen LogP contribution >= 0.6 is 0 Å². The van der Waals surface area contributed by atoms with Crippen molar-refractivity contribution in [1.82, 2.24) is 9.97 Å². The van der Waals surface area contributed by atoms with Gasteiger partial charge >= 0.3 is 6.36 Å². The molecule has 1 aromatic heterocycles. The maximum absolute atomic E-state index is 12.2. The molecule has 1 heterocycles. The molecule has 1 aliphatic carbocycles. The van der Waals surface area contributed by atoms with Crippen molar-refractivity contribution in [1.29, 1.82) is 0 Å². The van der Waals surface area contributed by atoms with E-state index in [4.69, 9.17) is 4.74 Å². The summed E-state index contributed by atoms with van der Waals surface area (Å²) in [5.41, 5.74) is 2.21. The second kappa shape index (κ2) is 5.90. The Morgan fingerprint density at radius 2 is 2.09 bits per heavy atom. The molecule has 1 atom stereocenters. The molecule has 1 N–H and O–H groups in total. The fourth-order valence-electron chi connectivity index (χ4n) is 2.58. The Bertz CT molecular complexity index is 640. The zero-order chi connectivity index (χ0) is 15.6. The molecule has 4 nitrogen and oxygen atoms in total. The molecule has 0 saturated carbocycles. The van der Waals surface area contributed by atoms with E-state index in [2.05, 4.69) is 14.7 Å². The normalized spacial score (nSPS) is 17.9. The second-order valence-corrected chi connectivity index (χ2v) is 5.27. The molecule has 2 aromatic rings. The molecule has 0 radical (unpaired) electrons. The number of hydrogen-bond donors (Lipinski definition) is 1. The van der Waals surface area contributed by atoms with E-state index < -0.39 is 6.36 Å². The zero-order valence-corrected chi connectivity index (χ0v) is 11.7. The number of fused-ring (bicyclic) bond motifs is 1. The van der Waals surface area contributed by atoms with Crippen molar-refractivity contribution in [2.24, 2.45) is 5.92 Å². The highest BCUT2D eigenvalue weighted by molar-refractivity contribution is 5.33. The van der Waals surface area contributed by atoms with Crippen molar-refractivity contribution in [2.45, 2.75) is 25.6 Å². The predicted molar refractivity (Wildman–Crippen MR) is 72.7 cm³/mol. The van der Waals surface area contributed by atoms with E-state index in [0.717, 1.165) is 30.7 Å². The predicted octanol–water partition coefficient (Wildman–Crippen LogP) is 3.49. The van der Waals surface area contributed by atoms with Crippen LogP contribution in [0.2, 0.25) is 0 Å². The minimum Gasteiger partial charge on any atom is -0.493 e. The molecule has 3 rings (SSSR count). The molecule has 7 heteroatoms. The van der Waals surface area contributed by atoms with Gasteiger partial charge in [-0.3, -0.25) is 0 Å². The van der Waals surface area contributed by atoms with Gasteiger partial charge in [0.05, 0.1) is 18.6 Å². The lowest BCUT2D eigenvalue weighted by Gasteiger charge is -2.21. The van der Waals surface area contributed by atoms with Crippen LogP contribution < -0.4 is 9.47 Å². The van der Waals surface area contributed by atoms with Crippen LogP contribution in [0.3, 0.4) is 0 Å². The molecular formula is C15H15F3N2O2. The molecule has 1 unspecified atom stereocenters. The molecule has 0 saturated heterocycles.